The number of nitrogens with zero attached hydrogens (tertiary/aromatic N) is 1. The summed E-state index contributed by atoms with van der Waals surface area (Å²) < 4.78 is 0. The summed E-state index contributed by atoms with van der Waals surface area (Å²) in [5, 5.41) is 0. The molecule has 0 radical (unpaired) electrons. The van der Waals surface area contributed by atoms with Crippen LogP contribution in [0.2, 0.25) is 0 Å². The largest absolute Gasteiger partial charge is 0.257 e. The van der Waals surface area contributed by atoms with Crippen LogP contribution in [-0.2, 0) is 6.42 Å². The lowest BCUT2D eigenvalue weighted by atomic mass is 10.1. The zero-order valence-electron chi connectivity index (χ0n) is 17.4. The van der Waals surface area contributed by atoms with Crippen molar-refractivity contribution in [2.45, 2.75) is 68.7 Å². The molecular weight excluding hydrogens is 290 g/mol. The van der Waals surface area contributed by atoms with E-state index in [4.69, 9.17) is 0 Å². The van der Waals surface area contributed by atoms with Crippen LogP contribution in [0.5, 0.6) is 0 Å². The van der Waals surface area contributed by atoms with Gasteiger partial charge in [-0.1, -0.05) is 110 Å². The van der Waals surface area contributed by atoms with E-state index in [1.165, 1.54) is 11.3 Å². The number of para-hydroxylation sites is 1. The van der Waals surface area contributed by atoms with Crippen molar-refractivity contribution >= 4 is 11.4 Å². The number of benzene rings is 2. The van der Waals surface area contributed by atoms with E-state index in [1.54, 1.807) is 0 Å². The molecule has 136 valence electrons. The molecule has 1 aliphatic heterocycles. The Balaban J connectivity index is -0.000000273. The maximum atomic E-state index is 4.37. The molecule has 0 fully saturated rings. The highest BCUT2D eigenvalue weighted by Gasteiger charge is 2.08. The van der Waals surface area contributed by atoms with Gasteiger partial charge in [-0.05, 0) is 18.6 Å². The lowest BCUT2D eigenvalue weighted by molar-refractivity contribution is 1.39. The van der Waals surface area contributed by atoms with Crippen LogP contribution < -0.4 is 0 Å². The molecule has 0 N–H and O–H groups in total. The molecule has 0 atom stereocenters. The number of aliphatic imine (C=N–C) groups is 1. The molecule has 1 aliphatic rings. The van der Waals surface area contributed by atoms with E-state index in [0.717, 1.165) is 12.1 Å². The molecule has 0 spiro atoms. The summed E-state index contributed by atoms with van der Waals surface area (Å²) in [6, 6.07) is 20.3. The average molecular weight is 330 g/mol. The summed E-state index contributed by atoms with van der Waals surface area (Å²) in [5.41, 5.74) is 3.74. The van der Waals surface area contributed by atoms with Crippen molar-refractivity contribution < 1.29 is 0 Å². The third-order valence-corrected chi connectivity index (χ3v) is 2.42. The van der Waals surface area contributed by atoms with Gasteiger partial charge in [-0.25, -0.2) is 0 Å². The van der Waals surface area contributed by atoms with Crippen molar-refractivity contribution in [1.82, 2.24) is 0 Å². The van der Waals surface area contributed by atoms with Crippen LogP contribution in [-0.4, -0.2) is 5.71 Å². The summed E-state index contributed by atoms with van der Waals surface area (Å²) in [6.45, 7) is 18.1. The molecule has 0 aromatic heterocycles. The zero-order chi connectivity index (χ0) is 19.2. The molecular formula is C23H39N. The van der Waals surface area contributed by atoms with E-state index in [1.807, 2.05) is 97.9 Å². The van der Waals surface area contributed by atoms with E-state index in [2.05, 4.69) is 30.1 Å². The molecule has 0 saturated heterocycles. The molecule has 1 heterocycles. The monoisotopic (exact) mass is 329 g/mol. The lowest BCUT2D eigenvalue weighted by Crippen LogP contribution is -1.87. The van der Waals surface area contributed by atoms with E-state index >= 15 is 0 Å². The first kappa shape index (κ1) is 27.0. The number of hydrogen-bond acceptors (Lipinski definition) is 1. The predicted octanol–water partition coefficient (Wildman–Crippen LogP) is 8.13. The first-order valence-corrected chi connectivity index (χ1v) is 9.48. The SMILES string of the molecule is CC.CC.CC.CC.CC1=Nc2ccccc2C1.c1ccccc1. The van der Waals surface area contributed by atoms with Gasteiger partial charge in [0.05, 0.1) is 5.69 Å². The summed E-state index contributed by atoms with van der Waals surface area (Å²) >= 11 is 0. The van der Waals surface area contributed by atoms with E-state index in [0.29, 0.717) is 0 Å². The Morgan fingerprint density at radius 2 is 0.958 bits per heavy atom. The first-order chi connectivity index (χ1) is 11.9. The molecule has 24 heavy (non-hydrogen) atoms. The lowest BCUT2D eigenvalue weighted by Gasteiger charge is -1.91. The minimum absolute atomic E-state index is 1.04. The van der Waals surface area contributed by atoms with Crippen LogP contribution in [0.1, 0.15) is 67.9 Å². The highest BCUT2D eigenvalue weighted by atomic mass is 14.8. The van der Waals surface area contributed by atoms with Gasteiger partial charge in [0.1, 0.15) is 0 Å². The second-order valence-electron chi connectivity index (χ2n) is 3.81. The summed E-state index contributed by atoms with van der Waals surface area (Å²) in [4.78, 5) is 4.37. The fraction of sp³-hybridized carbons (Fsp3) is 0.435. The van der Waals surface area contributed by atoms with Gasteiger partial charge in [0.2, 0.25) is 0 Å². The Morgan fingerprint density at radius 1 is 0.583 bits per heavy atom. The summed E-state index contributed by atoms with van der Waals surface area (Å²) in [6.07, 6.45) is 1.04. The third kappa shape index (κ3) is 13.8. The van der Waals surface area contributed by atoms with Crippen LogP contribution in [0, 0.1) is 0 Å². The minimum atomic E-state index is 1.04. The van der Waals surface area contributed by atoms with Gasteiger partial charge in [0.25, 0.3) is 0 Å². The highest BCUT2D eigenvalue weighted by molar-refractivity contribution is 5.91. The van der Waals surface area contributed by atoms with Crippen molar-refractivity contribution in [2.24, 2.45) is 4.99 Å². The van der Waals surface area contributed by atoms with Crippen LogP contribution in [0.15, 0.2) is 65.7 Å². The molecule has 2 aromatic rings. The Morgan fingerprint density at radius 3 is 1.33 bits per heavy atom. The first-order valence-electron chi connectivity index (χ1n) is 9.48. The van der Waals surface area contributed by atoms with E-state index in [9.17, 15) is 0 Å². The van der Waals surface area contributed by atoms with Crippen molar-refractivity contribution in [3.05, 3.63) is 66.2 Å². The summed E-state index contributed by atoms with van der Waals surface area (Å²) in [7, 11) is 0. The average Bonchev–Trinajstić information content (AvgIpc) is 3.10. The van der Waals surface area contributed by atoms with E-state index < -0.39 is 0 Å². The van der Waals surface area contributed by atoms with Gasteiger partial charge in [0, 0.05) is 12.1 Å². The van der Waals surface area contributed by atoms with Crippen molar-refractivity contribution in [3.63, 3.8) is 0 Å². The molecule has 0 amide bonds. The third-order valence-electron chi connectivity index (χ3n) is 2.42. The van der Waals surface area contributed by atoms with Gasteiger partial charge in [0.15, 0.2) is 0 Å². The Hall–Kier alpha value is -1.89. The van der Waals surface area contributed by atoms with Crippen LogP contribution in [0.3, 0.4) is 0 Å². The van der Waals surface area contributed by atoms with Crippen molar-refractivity contribution in [2.75, 3.05) is 0 Å². The highest BCUT2D eigenvalue weighted by Crippen LogP contribution is 2.25. The molecule has 0 saturated carbocycles. The Labute approximate surface area is 151 Å². The normalized spacial score (nSPS) is 9.12. The van der Waals surface area contributed by atoms with Crippen LogP contribution >= 0.6 is 0 Å². The maximum absolute atomic E-state index is 4.37. The number of fused-ring (bicyclic) bond motifs is 1. The van der Waals surface area contributed by atoms with E-state index in [-0.39, 0.29) is 0 Å². The van der Waals surface area contributed by atoms with Crippen LogP contribution in [0.4, 0.5) is 5.69 Å². The van der Waals surface area contributed by atoms with Gasteiger partial charge < -0.3 is 0 Å². The quantitative estimate of drug-likeness (QED) is 0.462. The smallest absolute Gasteiger partial charge is 0.0664 e. The van der Waals surface area contributed by atoms with Crippen molar-refractivity contribution in [1.29, 1.82) is 0 Å². The van der Waals surface area contributed by atoms with Gasteiger partial charge in [-0.15, -0.1) is 0 Å². The molecule has 3 rings (SSSR count). The molecule has 0 unspecified atom stereocenters. The zero-order valence-corrected chi connectivity index (χ0v) is 17.4. The summed E-state index contributed by atoms with van der Waals surface area (Å²) in [5.74, 6) is 0. The molecule has 2 aromatic carbocycles. The van der Waals surface area contributed by atoms with Crippen molar-refractivity contribution in [3.8, 4) is 0 Å². The predicted molar refractivity (Wildman–Crippen MR) is 115 cm³/mol. The maximum Gasteiger partial charge on any atom is 0.0664 e. The number of rotatable bonds is 0. The van der Waals surface area contributed by atoms with Gasteiger partial charge in [-0.2, -0.15) is 0 Å². The van der Waals surface area contributed by atoms with Crippen LogP contribution in [0.25, 0.3) is 0 Å². The fourth-order valence-electron chi connectivity index (χ4n) is 1.68. The number of hydrogen-bond donors (Lipinski definition) is 0. The topological polar surface area (TPSA) is 12.4 Å². The van der Waals surface area contributed by atoms with Gasteiger partial charge in [-0.3, -0.25) is 4.99 Å². The second kappa shape index (κ2) is 23.4. The minimum Gasteiger partial charge on any atom is -0.257 e. The second-order valence-corrected chi connectivity index (χ2v) is 3.81. The Bertz CT molecular complexity index is 446. The molecule has 0 aliphatic carbocycles. The fourth-order valence-corrected chi connectivity index (χ4v) is 1.68. The molecule has 1 nitrogen and oxygen atoms in total. The molecule has 1 heteroatoms. The van der Waals surface area contributed by atoms with Gasteiger partial charge >= 0.3 is 0 Å². The Kier molecular flexibility index (Phi) is 26.3. The standard InChI is InChI=1S/C9H9N.C6H6.4C2H6/c1-7-6-8-4-2-3-5-9(8)10-7;1-2-4-6-5-3-1;4*1-2/h2-5H,6H2,1H3;1-6H;4*1-2H3. The molecule has 0 bridgehead atoms.